The first-order chi connectivity index (χ1) is 16.1. The molecule has 2 aliphatic rings. The summed E-state index contributed by atoms with van der Waals surface area (Å²) >= 11 is 0. The van der Waals surface area contributed by atoms with Crippen molar-refractivity contribution >= 4 is 23.7 Å². The Kier molecular flexibility index (Phi) is 6.17. The smallest absolute Gasteiger partial charge is 0.209 e. The van der Waals surface area contributed by atoms with Crippen LogP contribution in [0.15, 0.2) is 30.5 Å². The minimum atomic E-state index is 0.594. The second-order valence-corrected chi connectivity index (χ2v) is 9.16. The zero-order valence-corrected chi connectivity index (χ0v) is 19.5. The van der Waals surface area contributed by atoms with Crippen LogP contribution < -0.4 is 10.2 Å². The van der Waals surface area contributed by atoms with Crippen molar-refractivity contribution in [2.45, 2.75) is 26.7 Å². The maximum absolute atomic E-state index is 11.1. The number of nitrogens with zero attached hydrogens (tertiary/aromatic N) is 5. The number of carbonyl (C=O) groups is 1. The molecule has 2 aliphatic heterocycles. The molecule has 1 N–H and O–H groups in total. The zero-order valence-electron chi connectivity index (χ0n) is 19.5. The summed E-state index contributed by atoms with van der Waals surface area (Å²) in [6.07, 6.45) is 5.01. The summed E-state index contributed by atoms with van der Waals surface area (Å²) in [6.45, 7) is 9.79. The number of amides is 1. The highest BCUT2D eigenvalue weighted by molar-refractivity contribution is 5.80. The number of carbonyl (C=O) groups excluding carboxylic acids is 1. The third-order valence-electron chi connectivity index (χ3n) is 6.98. The highest BCUT2D eigenvalue weighted by atomic mass is 16.5. The number of anilines is 2. The summed E-state index contributed by atoms with van der Waals surface area (Å²) in [4.78, 5) is 20.3. The lowest BCUT2D eigenvalue weighted by atomic mass is 10.0. The fourth-order valence-electron chi connectivity index (χ4n) is 4.61. The van der Waals surface area contributed by atoms with Gasteiger partial charge in [-0.15, -0.1) is 0 Å². The molecule has 1 amide bonds. The van der Waals surface area contributed by atoms with Gasteiger partial charge in [-0.25, -0.2) is 4.98 Å². The average Bonchev–Trinajstić information content (AvgIpc) is 3.29. The van der Waals surface area contributed by atoms with Gasteiger partial charge in [0.25, 0.3) is 0 Å². The van der Waals surface area contributed by atoms with Crippen molar-refractivity contribution < 1.29 is 9.53 Å². The predicted molar refractivity (Wildman–Crippen MR) is 130 cm³/mol. The third kappa shape index (κ3) is 4.53. The first-order valence-corrected chi connectivity index (χ1v) is 11.8. The molecular weight excluding hydrogens is 416 g/mol. The molecule has 1 aromatic carbocycles. The Balaban J connectivity index is 1.51. The monoisotopic (exact) mass is 448 g/mol. The van der Waals surface area contributed by atoms with Crippen molar-refractivity contribution in [3.05, 3.63) is 41.6 Å². The molecule has 0 aliphatic carbocycles. The molecule has 0 unspecified atom stereocenters. The summed E-state index contributed by atoms with van der Waals surface area (Å²) in [5.74, 6) is 2.47. The molecule has 2 aromatic heterocycles. The number of aryl methyl sites for hydroxylation is 2. The van der Waals surface area contributed by atoms with Gasteiger partial charge < -0.3 is 19.9 Å². The summed E-state index contributed by atoms with van der Waals surface area (Å²) < 4.78 is 7.44. The second kappa shape index (κ2) is 9.39. The Labute approximate surface area is 194 Å². The number of rotatable bonds is 6. The highest BCUT2D eigenvalue weighted by Gasteiger charge is 2.21. The van der Waals surface area contributed by atoms with Crippen LogP contribution in [-0.4, -0.2) is 71.8 Å². The molecule has 0 atom stereocenters. The van der Waals surface area contributed by atoms with Crippen LogP contribution in [-0.2, 0) is 9.53 Å². The Morgan fingerprint density at radius 2 is 1.88 bits per heavy atom. The van der Waals surface area contributed by atoms with Crippen molar-refractivity contribution in [1.82, 2.24) is 19.5 Å². The van der Waals surface area contributed by atoms with Crippen LogP contribution in [0, 0.1) is 19.8 Å². The van der Waals surface area contributed by atoms with Gasteiger partial charge in [-0.3, -0.25) is 4.79 Å². The quantitative estimate of drug-likeness (QED) is 0.584. The second-order valence-electron chi connectivity index (χ2n) is 9.16. The molecule has 2 fully saturated rings. The number of nitrogens with one attached hydrogen (secondary N) is 1. The van der Waals surface area contributed by atoms with Gasteiger partial charge in [-0.1, -0.05) is 18.2 Å². The van der Waals surface area contributed by atoms with E-state index in [1.807, 2.05) is 15.6 Å². The van der Waals surface area contributed by atoms with Gasteiger partial charge in [0.1, 0.15) is 11.6 Å². The number of benzene rings is 1. The van der Waals surface area contributed by atoms with Gasteiger partial charge in [-0.05, 0) is 49.3 Å². The molecule has 2 saturated heterocycles. The normalized spacial score (nSPS) is 17.5. The summed E-state index contributed by atoms with van der Waals surface area (Å²) in [5.41, 5.74) is 5.53. The van der Waals surface area contributed by atoms with E-state index in [-0.39, 0.29) is 0 Å². The van der Waals surface area contributed by atoms with Crippen LogP contribution in [0.5, 0.6) is 0 Å². The van der Waals surface area contributed by atoms with Gasteiger partial charge in [-0.2, -0.15) is 9.61 Å². The molecule has 3 aromatic rings. The van der Waals surface area contributed by atoms with Gasteiger partial charge in [0.05, 0.1) is 6.20 Å². The van der Waals surface area contributed by atoms with Gasteiger partial charge in [0.15, 0.2) is 5.65 Å². The first kappa shape index (κ1) is 21.7. The Hall–Kier alpha value is -3.13. The molecule has 33 heavy (non-hydrogen) atoms. The molecule has 8 heteroatoms. The van der Waals surface area contributed by atoms with E-state index < -0.39 is 0 Å². The average molecular weight is 449 g/mol. The lowest BCUT2D eigenvalue weighted by molar-refractivity contribution is -0.118. The van der Waals surface area contributed by atoms with Crippen LogP contribution in [0.2, 0.25) is 0 Å². The van der Waals surface area contributed by atoms with E-state index >= 15 is 0 Å². The standard InChI is InChI=1S/C25H32N6O2/c1-18-3-4-21(13-19(18)2)22-16-27-31-23(26-15-20-5-11-33-12-6-20)14-24(28-25(22)31)30-9-7-29(17-32)8-10-30/h3-4,13-14,16-17,20,26H,5-12,15H2,1-2H3. The molecule has 0 saturated carbocycles. The number of aromatic nitrogens is 3. The van der Waals surface area contributed by atoms with Crippen molar-refractivity contribution in [1.29, 1.82) is 0 Å². The minimum Gasteiger partial charge on any atom is -0.381 e. The van der Waals surface area contributed by atoms with Crippen molar-refractivity contribution in [3.8, 4) is 11.1 Å². The molecule has 4 heterocycles. The number of hydrogen-bond acceptors (Lipinski definition) is 6. The van der Waals surface area contributed by atoms with E-state index in [0.29, 0.717) is 19.0 Å². The van der Waals surface area contributed by atoms with Gasteiger partial charge >= 0.3 is 0 Å². The van der Waals surface area contributed by atoms with Crippen molar-refractivity contribution in [2.75, 3.05) is 56.2 Å². The lowest BCUT2D eigenvalue weighted by Crippen LogP contribution is -2.46. The Bertz CT molecular complexity index is 1130. The van der Waals surface area contributed by atoms with E-state index in [1.54, 1.807) is 0 Å². The van der Waals surface area contributed by atoms with Crippen LogP contribution in [0.1, 0.15) is 24.0 Å². The van der Waals surface area contributed by atoms with Crippen LogP contribution in [0.4, 0.5) is 11.6 Å². The van der Waals surface area contributed by atoms with Crippen molar-refractivity contribution in [3.63, 3.8) is 0 Å². The first-order valence-electron chi connectivity index (χ1n) is 11.8. The fraction of sp³-hybridized carbons (Fsp3) is 0.480. The van der Waals surface area contributed by atoms with Gasteiger partial charge in [0, 0.05) is 57.6 Å². The molecule has 0 radical (unpaired) electrons. The molecule has 5 rings (SSSR count). The van der Waals surface area contributed by atoms with Crippen LogP contribution in [0.3, 0.4) is 0 Å². The zero-order chi connectivity index (χ0) is 22.8. The molecule has 0 spiro atoms. The topological polar surface area (TPSA) is 75.0 Å². The van der Waals surface area contributed by atoms with E-state index in [2.05, 4.69) is 48.3 Å². The van der Waals surface area contributed by atoms with Gasteiger partial charge in [0.2, 0.25) is 6.41 Å². The van der Waals surface area contributed by atoms with E-state index in [0.717, 1.165) is 80.5 Å². The number of ether oxygens (including phenoxy) is 1. The number of hydrogen-bond donors (Lipinski definition) is 1. The fourth-order valence-corrected chi connectivity index (χ4v) is 4.61. The van der Waals surface area contributed by atoms with E-state index in [9.17, 15) is 4.79 Å². The summed E-state index contributed by atoms with van der Waals surface area (Å²) in [6, 6.07) is 8.60. The molecule has 8 nitrogen and oxygen atoms in total. The largest absolute Gasteiger partial charge is 0.381 e. The Morgan fingerprint density at radius 3 is 2.61 bits per heavy atom. The van der Waals surface area contributed by atoms with E-state index in [4.69, 9.17) is 14.8 Å². The molecule has 174 valence electrons. The number of piperazine rings is 1. The maximum atomic E-state index is 11.1. The third-order valence-corrected chi connectivity index (χ3v) is 6.98. The number of fused-ring (bicyclic) bond motifs is 1. The van der Waals surface area contributed by atoms with Crippen molar-refractivity contribution in [2.24, 2.45) is 5.92 Å². The molecule has 0 bridgehead atoms. The minimum absolute atomic E-state index is 0.594. The van der Waals surface area contributed by atoms with E-state index in [1.165, 1.54) is 11.1 Å². The predicted octanol–water partition coefficient (Wildman–Crippen LogP) is 3.13. The summed E-state index contributed by atoms with van der Waals surface area (Å²) in [7, 11) is 0. The molecular formula is C25H32N6O2. The SMILES string of the molecule is Cc1ccc(-c2cnn3c(NCC4CCOCC4)cc(N4CCN(C=O)CC4)nc23)cc1C. The van der Waals surface area contributed by atoms with Crippen LogP contribution in [0.25, 0.3) is 16.8 Å². The highest BCUT2D eigenvalue weighted by Crippen LogP contribution is 2.30. The maximum Gasteiger partial charge on any atom is 0.209 e. The summed E-state index contributed by atoms with van der Waals surface area (Å²) in [5, 5.41) is 8.37. The Morgan fingerprint density at radius 1 is 1.09 bits per heavy atom. The lowest BCUT2D eigenvalue weighted by Gasteiger charge is -2.33. The van der Waals surface area contributed by atoms with Crippen LogP contribution >= 0.6 is 0 Å².